The summed E-state index contributed by atoms with van der Waals surface area (Å²) < 4.78 is 6.39. The maximum atomic E-state index is 6.39. The molecule has 0 bridgehead atoms. The van der Waals surface area contributed by atoms with Crippen molar-refractivity contribution in [2.24, 2.45) is 0 Å². The number of hydrogen-bond acceptors (Lipinski definition) is 3. The van der Waals surface area contributed by atoms with Crippen molar-refractivity contribution in [2.45, 2.75) is 0 Å². The van der Waals surface area contributed by atoms with Gasteiger partial charge in [-0.3, -0.25) is 0 Å². The summed E-state index contributed by atoms with van der Waals surface area (Å²) in [7, 11) is 0. The molecule has 182 valence electrons. The Kier molecular flexibility index (Phi) is 4.82. The summed E-state index contributed by atoms with van der Waals surface area (Å²) in [4.78, 5) is 10.5. The highest BCUT2D eigenvalue weighted by Crippen LogP contribution is 2.40. The van der Waals surface area contributed by atoms with E-state index in [2.05, 4.69) is 121 Å². The molecule has 0 radical (unpaired) electrons. The van der Waals surface area contributed by atoms with Crippen LogP contribution in [0.2, 0.25) is 0 Å². The summed E-state index contributed by atoms with van der Waals surface area (Å²) in [5, 5.41) is 5.42. The summed E-state index contributed by atoms with van der Waals surface area (Å²) >= 11 is 0. The van der Waals surface area contributed by atoms with Gasteiger partial charge in [-0.05, 0) is 46.2 Å². The highest BCUT2D eigenvalue weighted by molar-refractivity contribution is 6.21. The average Bonchev–Trinajstić information content (AvgIpc) is 3.38. The van der Waals surface area contributed by atoms with Gasteiger partial charge in [0.2, 0.25) is 0 Å². The Balaban J connectivity index is 1.50. The smallest absolute Gasteiger partial charge is 0.161 e. The zero-order valence-corrected chi connectivity index (χ0v) is 21.0. The number of hydrogen-bond donors (Lipinski definition) is 0. The number of rotatable bonds is 3. The average molecular weight is 499 g/mol. The maximum absolute atomic E-state index is 6.39. The molecule has 3 nitrogen and oxygen atoms in total. The van der Waals surface area contributed by atoms with E-state index in [9.17, 15) is 0 Å². The van der Waals surface area contributed by atoms with Crippen LogP contribution in [-0.2, 0) is 0 Å². The Morgan fingerprint density at radius 3 is 1.87 bits per heavy atom. The molecule has 8 rings (SSSR count). The van der Waals surface area contributed by atoms with E-state index in [-0.39, 0.29) is 0 Å². The quantitative estimate of drug-likeness (QED) is 0.243. The van der Waals surface area contributed by atoms with Crippen molar-refractivity contribution in [3.63, 3.8) is 0 Å². The van der Waals surface area contributed by atoms with Crippen molar-refractivity contribution in [1.82, 2.24) is 9.97 Å². The van der Waals surface area contributed by atoms with Gasteiger partial charge in [0, 0.05) is 21.9 Å². The molecule has 6 aromatic carbocycles. The molecule has 0 spiro atoms. The number of fused-ring (bicyclic) bond motifs is 6. The van der Waals surface area contributed by atoms with E-state index in [0.717, 1.165) is 66.2 Å². The molecule has 0 atom stereocenters. The lowest BCUT2D eigenvalue weighted by molar-refractivity contribution is 0.669. The van der Waals surface area contributed by atoms with Gasteiger partial charge in [-0.1, -0.05) is 109 Å². The van der Waals surface area contributed by atoms with Crippen molar-refractivity contribution in [3.8, 4) is 33.8 Å². The molecule has 8 aromatic rings. The third-order valence-electron chi connectivity index (χ3n) is 7.47. The van der Waals surface area contributed by atoms with Gasteiger partial charge in [-0.25, -0.2) is 9.97 Å². The van der Waals surface area contributed by atoms with Gasteiger partial charge in [0.15, 0.2) is 5.82 Å². The van der Waals surface area contributed by atoms with Gasteiger partial charge >= 0.3 is 0 Å². The molecule has 3 heteroatoms. The standard InChI is InChI=1S/C36H22N2O/c1-3-11-23(12-4-1)27-17-9-10-18-28(27)36-37-34(24-13-5-2-6-14-24)29-19-20-31-33(35(29)38-36)30-21-25-15-7-8-16-26(25)22-32(30)39-31/h1-22H. The molecule has 0 aliphatic rings. The van der Waals surface area contributed by atoms with Gasteiger partial charge in [0.25, 0.3) is 0 Å². The molecule has 0 aliphatic heterocycles. The second-order valence-corrected chi connectivity index (χ2v) is 9.81. The summed E-state index contributed by atoms with van der Waals surface area (Å²) in [6, 6.07) is 46.0. The fourth-order valence-corrected chi connectivity index (χ4v) is 5.62. The van der Waals surface area contributed by atoms with E-state index in [1.807, 2.05) is 12.1 Å². The SMILES string of the molecule is c1ccc(-c2ccccc2-c2nc(-c3ccccc3)c3ccc4oc5cc6ccccc6cc5c4c3n2)cc1. The normalized spacial score (nSPS) is 11.6. The number of aromatic nitrogens is 2. The van der Waals surface area contributed by atoms with E-state index in [4.69, 9.17) is 14.4 Å². The second-order valence-electron chi connectivity index (χ2n) is 9.81. The van der Waals surface area contributed by atoms with Crippen molar-refractivity contribution < 1.29 is 4.42 Å². The lowest BCUT2D eigenvalue weighted by Gasteiger charge is -2.13. The zero-order chi connectivity index (χ0) is 25.8. The summed E-state index contributed by atoms with van der Waals surface area (Å²) in [5.74, 6) is 0.698. The van der Waals surface area contributed by atoms with Crippen LogP contribution in [0.5, 0.6) is 0 Å². The monoisotopic (exact) mass is 498 g/mol. The van der Waals surface area contributed by atoms with Crippen LogP contribution in [0.4, 0.5) is 0 Å². The maximum Gasteiger partial charge on any atom is 0.161 e. The first-order valence-corrected chi connectivity index (χ1v) is 13.1. The first-order chi connectivity index (χ1) is 19.3. The summed E-state index contributed by atoms with van der Waals surface area (Å²) in [6.45, 7) is 0. The fourth-order valence-electron chi connectivity index (χ4n) is 5.62. The molecule has 0 N–H and O–H groups in total. The van der Waals surface area contributed by atoms with Gasteiger partial charge < -0.3 is 4.42 Å². The van der Waals surface area contributed by atoms with Crippen molar-refractivity contribution in [3.05, 3.63) is 133 Å². The van der Waals surface area contributed by atoms with Gasteiger partial charge in [-0.2, -0.15) is 0 Å². The molecular formula is C36H22N2O. The molecule has 0 saturated carbocycles. The molecule has 39 heavy (non-hydrogen) atoms. The van der Waals surface area contributed by atoms with Gasteiger partial charge in [-0.15, -0.1) is 0 Å². The van der Waals surface area contributed by atoms with Crippen molar-refractivity contribution in [1.29, 1.82) is 0 Å². The topological polar surface area (TPSA) is 38.9 Å². The lowest BCUT2D eigenvalue weighted by atomic mass is 9.98. The highest BCUT2D eigenvalue weighted by atomic mass is 16.3. The fraction of sp³-hybridized carbons (Fsp3) is 0. The molecule has 2 heterocycles. The molecular weight excluding hydrogens is 476 g/mol. The van der Waals surface area contributed by atoms with Crippen LogP contribution >= 0.6 is 0 Å². The molecule has 2 aromatic heterocycles. The largest absolute Gasteiger partial charge is 0.456 e. The minimum atomic E-state index is 0.698. The van der Waals surface area contributed by atoms with Gasteiger partial charge in [0.1, 0.15) is 11.2 Å². The van der Waals surface area contributed by atoms with E-state index in [1.54, 1.807) is 0 Å². The van der Waals surface area contributed by atoms with Crippen molar-refractivity contribution >= 4 is 43.6 Å². The highest BCUT2D eigenvalue weighted by Gasteiger charge is 2.19. The predicted octanol–water partition coefficient (Wildman–Crippen LogP) is 9.68. The molecule has 0 amide bonds. The third-order valence-corrected chi connectivity index (χ3v) is 7.47. The van der Waals surface area contributed by atoms with Crippen LogP contribution < -0.4 is 0 Å². The van der Waals surface area contributed by atoms with E-state index >= 15 is 0 Å². The summed E-state index contributed by atoms with van der Waals surface area (Å²) in [6.07, 6.45) is 0. The summed E-state index contributed by atoms with van der Waals surface area (Å²) in [5.41, 5.74) is 7.79. The number of furan rings is 1. The second kappa shape index (κ2) is 8.64. The Morgan fingerprint density at radius 2 is 1.10 bits per heavy atom. The third kappa shape index (κ3) is 3.52. The Labute approximate surface area is 225 Å². The number of nitrogens with zero attached hydrogens (tertiary/aromatic N) is 2. The van der Waals surface area contributed by atoms with Crippen LogP contribution in [0.25, 0.3) is 77.4 Å². The first kappa shape index (κ1) is 21.8. The minimum Gasteiger partial charge on any atom is -0.456 e. The van der Waals surface area contributed by atoms with Crippen LogP contribution in [-0.4, -0.2) is 9.97 Å². The molecule has 0 saturated heterocycles. The van der Waals surface area contributed by atoms with Crippen LogP contribution in [0.1, 0.15) is 0 Å². The van der Waals surface area contributed by atoms with Gasteiger partial charge in [0.05, 0.1) is 16.6 Å². The zero-order valence-electron chi connectivity index (χ0n) is 21.0. The lowest BCUT2D eigenvalue weighted by Crippen LogP contribution is -1.97. The predicted molar refractivity (Wildman–Crippen MR) is 161 cm³/mol. The van der Waals surface area contributed by atoms with Crippen molar-refractivity contribution in [2.75, 3.05) is 0 Å². The Hall–Kier alpha value is -5.28. The van der Waals surface area contributed by atoms with Crippen LogP contribution in [0, 0.1) is 0 Å². The van der Waals surface area contributed by atoms with E-state index < -0.39 is 0 Å². The molecule has 0 fully saturated rings. The van der Waals surface area contributed by atoms with E-state index in [0.29, 0.717) is 5.82 Å². The molecule has 0 aliphatic carbocycles. The first-order valence-electron chi connectivity index (χ1n) is 13.1. The minimum absolute atomic E-state index is 0.698. The van der Waals surface area contributed by atoms with Crippen LogP contribution in [0.3, 0.4) is 0 Å². The van der Waals surface area contributed by atoms with E-state index in [1.165, 1.54) is 5.39 Å². The Morgan fingerprint density at radius 1 is 0.462 bits per heavy atom. The number of benzene rings is 6. The van der Waals surface area contributed by atoms with Crippen LogP contribution in [0.15, 0.2) is 138 Å². The Bertz CT molecular complexity index is 2160. The molecule has 0 unspecified atom stereocenters.